The molecule has 0 spiro atoms. The molecule has 37 heavy (non-hydrogen) atoms. The smallest absolute Gasteiger partial charge is 0.330 e. The molecule has 3 heterocycles. The molecule has 1 aliphatic heterocycles. The zero-order chi connectivity index (χ0) is 25.9. The van der Waals surface area contributed by atoms with E-state index in [4.69, 9.17) is 0 Å². The number of likely N-dealkylation sites (N-methyl/N-ethyl adjacent to an activating group) is 1. The van der Waals surface area contributed by atoms with Crippen molar-refractivity contribution in [2.45, 2.75) is 6.54 Å². The number of aromatic nitrogens is 4. The van der Waals surface area contributed by atoms with Crippen molar-refractivity contribution in [3.05, 3.63) is 83.4 Å². The molecule has 4 aromatic rings. The molecule has 10 nitrogen and oxygen atoms in total. The number of anilines is 4. The van der Waals surface area contributed by atoms with Crippen molar-refractivity contribution in [1.82, 2.24) is 24.0 Å². The van der Waals surface area contributed by atoms with Gasteiger partial charge in [0.25, 0.3) is 0 Å². The first-order chi connectivity index (χ1) is 17.9. The number of imidazole rings is 1. The lowest BCUT2D eigenvalue weighted by Crippen LogP contribution is -2.44. The average molecular weight is 499 g/mol. The molecule has 0 aliphatic carbocycles. The first-order valence-electron chi connectivity index (χ1n) is 12.2. The highest BCUT2D eigenvalue weighted by atomic mass is 16.2. The highest BCUT2D eigenvalue weighted by Gasteiger charge is 2.17. The van der Waals surface area contributed by atoms with Crippen LogP contribution in [0.15, 0.2) is 72.2 Å². The molecule has 5 rings (SSSR count). The largest absolute Gasteiger partial charge is 0.369 e. The number of piperazine rings is 1. The van der Waals surface area contributed by atoms with Gasteiger partial charge in [0, 0.05) is 50.3 Å². The number of fused-ring (bicyclic) bond motifs is 1. The number of aryl methyl sites for hydroxylation is 1. The summed E-state index contributed by atoms with van der Waals surface area (Å²) in [6.07, 6.45) is 2.86. The second-order valence-electron chi connectivity index (χ2n) is 9.14. The summed E-state index contributed by atoms with van der Waals surface area (Å²) in [6.45, 7) is 7.90. The van der Waals surface area contributed by atoms with Crippen LogP contribution in [0.25, 0.3) is 11.2 Å². The Morgan fingerprint density at radius 1 is 1.05 bits per heavy atom. The maximum atomic E-state index is 13.1. The topological polar surface area (TPSA) is 100 Å². The standard InChI is InChI=1S/C27H30N8O2/c1-4-24(36)30-22-8-6-5-7-19(22)18-35-23-17-28-26(31-25(23)33(3)27(35)37)29-20-9-11-21(12-10-20)34-15-13-32(2)14-16-34/h4-12,17H,1,13-16,18H2,2-3H3,(H,30,36)(H,28,29,31). The van der Waals surface area contributed by atoms with Crippen molar-refractivity contribution in [3.8, 4) is 0 Å². The van der Waals surface area contributed by atoms with E-state index >= 15 is 0 Å². The van der Waals surface area contributed by atoms with Crippen molar-refractivity contribution < 1.29 is 4.79 Å². The molecule has 0 bridgehead atoms. The van der Waals surface area contributed by atoms with Crippen molar-refractivity contribution in [1.29, 1.82) is 0 Å². The maximum absolute atomic E-state index is 13.1. The van der Waals surface area contributed by atoms with E-state index in [2.05, 4.69) is 56.2 Å². The summed E-state index contributed by atoms with van der Waals surface area (Å²) >= 11 is 0. The zero-order valence-corrected chi connectivity index (χ0v) is 21.0. The zero-order valence-electron chi connectivity index (χ0n) is 21.0. The van der Waals surface area contributed by atoms with Crippen LogP contribution in [-0.2, 0) is 18.4 Å². The van der Waals surface area contributed by atoms with Crippen LogP contribution in [0, 0.1) is 0 Å². The molecule has 0 radical (unpaired) electrons. The van der Waals surface area contributed by atoms with Gasteiger partial charge in [-0.25, -0.2) is 9.78 Å². The summed E-state index contributed by atoms with van der Waals surface area (Å²) in [5, 5.41) is 6.04. The Morgan fingerprint density at radius 3 is 2.51 bits per heavy atom. The number of amides is 1. The third kappa shape index (κ3) is 5.10. The fraction of sp³-hybridized carbons (Fsp3) is 0.259. The van der Waals surface area contributed by atoms with E-state index in [1.165, 1.54) is 16.3 Å². The van der Waals surface area contributed by atoms with Crippen molar-refractivity contribution in [2.24, 2.45) is 7.05 Å². The predicted molar refractivity (Wildman–Crippen MR) is 147 cm³/mol. The molecule has 1 amide bonds. The van der Waals surface area contributed by atoms with Gasteiger partial charge in [-0.3, -0.25) is 13.9 Å². The van der Waals surface area contributed by atoms with Crippen LogP contribution in [0.1, 0.15) is 5.56 Å². The Bertz CT molecular complexity index is 1500. The predicted octanol–water partition coefficient (Wildman–Crippen LogP) is 2.80. The lowest BCUT2D eigenvalue weighted by Gasteiger charge is -2.34. The fourth-order valence-corrected chi connectivity index (χ4v) is 4.47. The number of carbonyl (C=O) groups is 1. The molecule has 1 fully saturated rings. The SMILES string of the molecule is C=CC(=O)Nc1ccccc1Cn1c(=O)n(C)c2nc(Nc3ccc(N4CCN(C)CC4)cc3)ncc21. The minimum absolute atomic E-state index is 0.220. The molecular weight excluding hydrogens is 468 g/mol. The Hall–Kier alpha value is -4.44. The normalized spacial score (nSPS) is 14.1. The second-order valence-corrected chi connectivity index (χ2v) is 9.14. The van der Waals surface area contributed by atoms with Gasteiger partial charge in [0.2, 0.25) is 11.9 Å². The van der Waals surface area contributed by atoms with Crippen LogP contribution in [0.2, 0.25) is 0 Å². The van der Waals surface area contributed by atoms with Gasteiger partial charge in [0.1, 0.15) is 5.52 Å². The van der Waals surface area contributed by atoms with E-state index in [1.54, 1.807) is 23.9 Å². The maximum Gasteiger partial charge on any atom is 0.330 e. The van der Waals surface area contributed by atoms with Gasteiger partial charge < -0.3 is 20.4 Å². The van der Waals surface area contributed by atoms with Crippen molar-refractivity contribution >= 4 is 40.1 Å². The highest BCUT2D eigenvalue weighted by molar-refractivity contribution is 5.99. The number of benzene rings is 2. The van der Waals surface area contributed by atoms with Gasteiger partial charge >= 0.3 is 5.69 Å². The summed E-state index contributed by atoms with van der Waals surface area (Å²) in [5.74, 6) is 0.0968. The summed E-state index contributed by atoms with van der Waals surface area (Å²) in [7, 11) is 3.84. The van der Waals surface area contributed by atoms with Gasteiger partial charge in [-0.2, -0.15) is 4.98 Å². The Kier molecular flexibility index (Phi) is 6.74. The molecule has 2 aromatic carbocycles. The minimum atomic E-state index is -0.312. The van der Waals surface area contributed by atoms with Crippen LogP contribution in [-0.4, -0.2) is 63.1 Å². The quantitative estimate of drug-likeness (QED) is 0.378. The highest BCUT2D eigenvalue weighted by Crippen LogP contribution is 2.23. The van der Waals surface area contributed by atoms with Crippen LogP contribution >= 0.6 is 0 Å². The Morgan fingerprint density at radius 2 is 1.78 bits per heavy atom. The molecule has 2 aromatic heterocycles. The fourth-order valence-electron chi connectivity index (χ4n) is 4.47. The summed E-state index contributed by atoms with van der Waals surface area (Å²) in [4.78, 5) is 38.7. The van der Waals surface area contributed by atoms with Gasteiger partial charge in [0.05, 0.1) is 12.7 Å². The van der Waals surface area contributed by atoms with Crippen molar-refractivity contribution in [3.63, 3.8) is 0 Å². The summed E-state index contributed by atoms with van der Waals surface area (Å²) in [5.41, 5.74) is 4.37. The van der Waals surface area contributed by atoms with Crippen molar-refractivity contribution in [2.75, 3.05) is 48.8 Å². The van der Waals surface area contributed by atoms with E-state index in [1.807, 2.05) is 30.3 Å². The number of nitrogens with one attached hydrogen (secondary N) is 2. The van der Waals surface area contributed by atoms with E-state index in [-0.39, 0.29) is 18.1 Å². The van der Waals surface area contributed by atoms with Gasteiger partial charge in [-0.15, -0.1) is 0 Å². The van der Waals surface area contributed by atoms with Crippen LogP contribution in [0.3, 0.4) is 0 Å². The summed E-state index contributed by atoms with van der Waals surface area (Å²) < 4.78 is 3.10. The molecule has 1 aliphatic rings. The molecule has 190 valence electrons. The molecule has 0 atom stereocenters. The number of nitrogens with zero attached hydrogens (tertiary/aromatic N) is 6. The number of rotatable bonds is 7. The monoisotopic (exact) mass is 498 g/mol. The average Bonchev–Trinajstić information content (AvgIpc) is 3.15. The molecule has 2 N–H and O–H groups in total. The van der Waals surface area contributed by atoms with E-state index in [0.29, 0.717) is 22.8 Å². The lowest BCUT2D eigenvalue weighted by molar-refractivity contribution is -0.111. The first-order valence-corrected chi connectivity index (χ1v) is 12.2. The Balaban J connectivity index is 1.37. The third-order valence-electron chi connectivity index (χ3n) is 6.66. The van der Waals surface area contributed by atoms with E-state index in [9.17, 15) is 9.59 Å². The number of hydrogen-bond donors (Lipinski definition) is 2. The summed E-state index contributed by atoms with van der Waals surface area (Å²) in [6, 6.07) is 15.6. The number of hydrogen-bond acceptors (Lipinski definition) is 7. The number of carbonyl (C=O) groups excluding carboxylic acids is 1. The van der Waals surface area contributed by atoms with E-state index in [0.717, 1.165) is 37.4 Å². The van der Waals surface area contributed by atoms with E-state index < -0.39 is 0 Å². The minimum Gasteiger partial charge on any atom is -0.369 e. The molecule has 10 heteroatoms. The molecule has 0 unspecified atom stereocenters. The van der Waals surface area contributed by atoms with Gasteiger partial charge in [-0.1, -0.05) is 24.8 Å². The van der Waals surface area contributed by atoms with Crippen LogP contribution < -0.4 is 21.2 Å². The van der Waals surface area contributed by atoms with Gasteiger partial charge in [-0.05, 0) is 49.0 Å². The van der Waals surface area contributed by atoms with Gasteiger partial charge in [0.15, 0.2) is 5.65 Å². The second kappa shape index (κ2) is 10.3. The number of para-hydroxylation sites is 1. The van der Waals surface area contributed by atoms with Crippen LogP contribution in [0.5, 0.6) is 0 Å². The Labute approximate surface area is 214 Å². The molecule has 1 saturated heterocycles. The molecule has 0 saturated carbocycles. The third-order valence-corrected chi connectivity index (χ3v) is 6.66. The molecular formula is C27H30N8O2. The lowest BCUT2D eigenvalue weighted by atomic mass is 10.1. The first kappa shape index (κ1) is 24.3. The van der Waals surface area contributed by atoms with Crippen LogP contribution in [0.4, 0.5) is 23.0 Å².